The Bertz CT molecular complexity index is 494. The molecule has 0 saturated carbocycles. The van der Waals surface area contributed by atoms with Crippen LogP contribution < -0.4 is 9.47 Å². The van der Waals surface area contributed by atoms with Gasteiger partial charge in [0, 0.05) is 9.79 Å². The van der Waals surface area contributed by atoms with Gasteiger partial charge in [-0.3, -0.25) is 0 Å². The molecule has 2 nitrogen and oxygen atoms in total. The van der Waals surface area contributed by atoms with Gasteiger partial charge in [-0.15, -0.1) is 0 Å². The molecule has 0 N–H and O–H groups in total. The largest absolute Gasteiger partial charge is 0.494 e. The van der Waals surface area contributed by atoms with Gasteiger partial charge in [-0.25, -0.2) is 0 Å². The van der Waals surface area contributed by atoms with Crippen LogP contribution in [0.3, 0.4) is 0 Å². The first-order chi connectivity index (χ1) is 9.81. The maximum absolute atomic E-state index is 5.51. The van der Waals surface area contributed by atoms with Gasteiger partial charge < -0.3 is 9.47 Å². The smallest absolute Gasteiger partial charge is 0.120 e. The predicted molar refractivity (Wildman–Crippen MR) is 86.9 cm³/mol. The summed E-state index contributed by atoms with van der Waals surface area (Å²) in [6.07, 6.45) is 0. The number of hydrogen-bond acceptors (Lipinski definition) is 4. The number of ether oxygens (including phenoxy) is 2. The average Bonchev–Trinajstić information content (AvgIpc) is 2.47. The summed E-state index contributed by atoms with van der Waals surface area (Å²) in [4.78, 5) is 2.37. The Balaban J connectivity index is 1.97. The van der Waals surface area contributed by atoms with E-state index in [1.165, 1.54) is 9.79 Å². The van der Waals surface area contributed by atoms with E-state index in [1.54, 1.807) is 21.6 Å². The van der Waals surface area contributed by atoms with Gasteiger partial charge in [0.15, 0.2) is 0 Å². The standard InChI is InChI=1S/C16H18O2S2/c1-3-17-13-7-5-9-15(11-13)19-20-16-10-6-8-14(12-16)18-4-2/h5-12H,3-4H2,1-2H3. The molecule has 0 fully saturated rings. The second-order valence-corrected chi connectivity index (χ2v) is 6.26. The van der Waals surface area contributed by atoms with Gasteiger partial charge >= 0.3 is 0 Å². The van der Waals surface area contributed by atoms with Crippen molar-refractivity contribution in [3.63, 3.8) is 0 Å². The van der Waals surface area contributed by atoms with E-state index >= 15 is 0 Å². The van der Waals surface area contributed by atoms with Crippen molar-refractivity contribution in [2.75, 3.05) is 13.2 Å². The van der Waals surface area contributed by atoms with Gasteiger partial charge in [0.2, 0.25) is 0 Å². The first-order valence-corrected chi connectivity index (χ1v) is 8.77. The monoisotopic (exact) mass is 306 g/mol. The highest BCUT2D eigenvalue weighted by molar-refractivity contribution is 8.76. The minimum atomic E-state index is 0.692. The highest BCUT2D eigenvalue weighted by atomic mass is 33.1. The molecule has 106 valence electrons. The topological polar surface area (TPSA) is 18.5 Å². The fourth-order valence-electron chi connectivity index (χ4n) is 1.66. The molecule has 0 aliphatic rings. The molecule has 0 amide bonds. The van der Waals surface area contributed by atoms with Crippen LogP contribution in [0.25, 0.3) is 0 Å². The normalized spacial score (nSPS) is 10.3. The van der Waals surface area contributed by atoms with Crippen LogP contribution >= 0.6 is 21.6 Å². The maximum atomic E-state index is 5.51. The van der Waals surface area contributed by atoms with E-state index in [1.807, 2.05) is 38.1 Å². The van der Waals surface area contributed by atoms with Gasteiger partial charge in [0.1, 0.15) is 11.5 Å². The lowest BCUT2D eigenvalue weighted by molar-refractivity contribution is 0.339. The molecule has 0 saturated heterocycles. The Hall–Kier alpha value is -1.26. The van der Waals surface area contributed by atoms with Gasteiger partial charge in [0.25, 0.3) is 0 Å². The van der Waals surface area contributed by atoms with Crippen molar-refractivity contribution < 1.29 is 9.47 Å². The Kier molecular flexibility index (Phi) is 6.15. The van der Waals surface area contributed by atoms with E-state index in [9.17, 15) is 0 Å². The number of hydrogen-bond donors (Lipinski definition) is 0. The molecule has 0 spiro atoms. The zero-order chi connectivity index (χ0) is 14.2. The zero-order valence-corrected chi connectivity index (χ0v) is 13.3. The Labute approximate surface area is 128 Å². The third-order valence-electron chi connectivity index (χ3n) is 2.47. The molecular formula is C16H18O2S2. The molecule has 2 rings (SSSR count). The highest BCUT2D eigenvalue weighted by Gasteiger charge is 2.01. The third-order valence-corrected chi connectivity index (χ3v) is 4.85. The fraction of sp³-hybridized carbons (Fsp3) is 0.250. The minimum absolute atomic E-state index is 0.692. The summed E-state index contributed by atoms with van der Waals surface area (Å²) >= 11 is 0. The Morgan fingerprint density at radius 1 is 0.750 bits per heavy atom. The molecule has 0 bridgehead atoms. The van der Waals surface area contributed by atoms with Crippen molar-refractivity contribution in [1.29, 1.82) is 0 Å². The molecule has 0 heterocycles. The fourth-order valence-corrected chi connectivity index (χ4v) is 3.65. The summed E-state index contributed by atoms with van der Waals surface area (Å²) in [7, 11) is 3.44. The van der Waals surface area contributed by atoms with Crippen molar-refractivity contribution >= 4 is 21.6 Å². The molecule has 0 radical (unpaired) electrons. The molecule has 0 aliphatic carbocycles. The molecule has 0 atom stereocenters. The van der Waals surface area contributed by atoms with E-state index in [-0.39, 0.29) is 0 Å². The van der Waals surface area contributed by atoms with Gasteiger partial charge in [-0.1, -0.05) is 33.7 Å². The summed E-state index contributed by atoms with van der Waals surface area (Å²) in [6, 6.07) is 16.3. The van der Waals surface area contributed by atoms with Crippen LogP contribution in [-0.2, 0) is 0 Å². The molecular weight excluding hydrogens is 288 g/mol. The first-order valence-electron chi connectivity index (χ1n) is 6.62. The average molecular weight is 306 g/mol. The van der Waals surface area contributed by atoms with E-state index < -0.39 is 0 Å². The lowest BCUT2D eigenvalue weighted by Gasteiger charge is -2.07. The first kappa shape index (κ1) is 15.1. The van der Waals surface area contributed by atoms with Crippen molar-refractivity contribution in [2.24, 2.45) is 0 Å². The van der Waals surface area contributed by atoms with Crippen LogP contribution in [0.1, 0.15) is 13.8 Å². The van der Waals surface area contributed by atoms with E-state index in [2.05, 4.69) is 24.3 Å². The number of rotatable bonds is 7. The van der Waals surface area contributed by atoms with E-state index in [4.69, 9.17) is 9.47 Å². The van der Waals surface area contributed by atoms with E-state index in [0.29, 0.717) is 13.2 Å². The van der Waals surface area contributed by atoms with Crippen LogP contribution in [0.15, 0.2) is 58.3 Å². The highest BCUT2D eigenvalue weighted by Crippen LogP contribution is 2.39. The van der Waals surface area contributed by atoms with Crippen LogP contribution in [0.5, 0.6) is 11.5 Å². The van der Waals surface area contributed by atoms with Crippen LogP contribution in [0, 0.1) is 0 Å². The summed E-state index contributed by atoms with van der Waals surface area (Å²) in [5.74, 6) is 1.84. The summed E-state index contributed by atoms with van der Waals surface area (Å²) in [5.41, 5.74) is 0. The lowest BCUT2D eigenvalue weighted by atomic mass is 10.3. The van der Waals surface area contributed by atoms with Crippen molar-refractivity contribution in [1.82, 2.24) is 0 Å². The molecule has 0 aromatic heterocycles. The molecule has 0 unspecified atom stereocenters. The predicted octanol–water partition coefficient (Wildman–Crippen LogP) is 5.28. The van der Waals surface area contributed by atoms with Crippen molar-refractivity contribution in [3.8, 4) is 11.5 Å². The van der Waals surface area contributed by atoms with E-state index in [0.717, 1.165) is 11.5 Å². The summed E-state index contributed by atoms with van der Waals surface area (Å²) < 4.78 is 11.0. The quantitative estimate of drug-likeness (QED) is 0.647. The van der Waals surface area contributed by atoms with Crippen molar-refractivity contribution in [3.05, 3.63) is 48.5 Å². The SMILES string of the molecule is CCOc1cccc(SSc2cccc(OCC)c2)c1. The second kappa shape index (κ2) is 8.12. The molecule has 2 aromatic rings. The third kappa shape index (κ3) is 4.69. The number of benzene rings is 2. The molecule has 4 heteroatoms. The Morgan fingerprint density at radius 3 is 1.60 bits per heavy atom. The van der Waals surface area contributed by atoms with Crippen LogP contribution in [0.4, 0.5) is 0 Å². The lowest BCUT2D eigenvalue weighted by Crippen LogP contribution is -1.90. The molecule has 20 heavy (non-hydrogen) atoms. The zero-order valence-electron chi connectivity index (χ0n) is 11.7. The van der Waals surface area contributed by atoms with Crippen LogP contribution in [-0.4, -0.2) is 13.2 Å². The molecule has 2 aromatic carbocycles. The Morgan fingerprint density at radius 2 is 1.20 bits per heavy atom. The summed E-state index contributed by atoms with van der Waals surface area (Å²) in [5, 5.41) is 0. The van der Waals surface area contributed by atoms with Gasteiger partial charge in [0.05, 0.1) is 13.2 Å². The summed E-state index contributed by atoms with van der Waals surface area (Å²) in [6.45, 7) is 5.37. The molecule has 0 aliphatic heterocycles. The van der Waals surface area contributed by atoms with Crippen LogP contribution in [0.2, 0.25) is 0 Å². The maximum Gasteiger partial charge on any atom is 0.120 e. The van der Waals surface area contributed by atoms with Gasteiger partial charge in [-0.05, 0) is 50.2 Å². The minimum Gasteiger partial charge on any atom is -0.494 e. The van der Waals surface area contributed by atoms with Gasteiger partial charge in [-0.2, -0.15) is 0 Å². The van der Waals surface area contributed by atoms with Crippen molar-refractivity contribution in [2.45, 2.75) is 23.6 Å². The second-order valence-electron chi connectivity index (χ2n) is 3.98.